The van der Waals surface area contributed by atoms with E-state index in [1.54, 1.807) is 0 Å². The van der Waals surface area contributed by atoms with Crippen LogP contribution in [0.15, 0.2) is 46.9 Å². The molecule has 0 atom stereocenters. The predicted octanol–water partition coefficient (Wildman–Crippen LogP) is 4.75. The number of hydrogen-bond donors (Lipinski definition) is 1. The second-order valence-electron chi connectivity index (χ2n) is 4.29. The summed E-state index contributed by atoms with van der Waals surface area (Å²) in [6.45, 7) is 0. The minimum atomic E-state index is 0.616. The Hall–Kier alpha value is -1.65. The van der Waals surface area contributed by atoms with Crippen LogP contribution < -0.4 is 5.32 Å². The second kappa shape index (κ2) is 5.38. The average molecular weight is 349 g/mol. The summed E-state index contributed by atoms with van der Waals surface area (Å²) in [6, 6.07) is 13.6. The number of fused-ring (bicyclic) bond motifs is 1. The Morgan fingerprint density at radius 1 is 1.10 bits per heavy atom. The van der Waals surface area contributed by atoms with Crippen LogP contribution in [0.1, 0.15) is 0 Å². The van der Waals surface area contributed by atoms with Crippen LogP contribution in [0.5, 0.6) is 0 Å². The van der Waals surface area contributed by atoms with Crippen molar-refractivity contribution in [3.05, 3.63) is 52.0 Å². The number of nitrogens with zero attached hydrogens (tertiary/aromatic N) is 2. The van der Waals surface area contributed by atoms with Crippen molar-refractivity contribution in [2.45, 2.75) is 0 Å². The third-order valence-corrected chi connectivity index (χ3v) is 3.82. The van der Waals surface area contributed by atoms with Crippen LogP contribution in [0, 0.1) is 0 Å². The number of rotatable bonds is 2. The Morgan fingerprint density at radius 2 is 1.90 bits per heavy atom. The quantitative estimate of drug-likeness (QED) is 0.726. The molecule has 20 heavy (non-hydrogen) atoms. The molecular formula is C15H11BrClN3. The Balaban J connectivity index is 2.26. The van der Waals surface area contributed by atoms with E-state index < -0.39 is 0 Å². The van der Waals surface area contributed by atoms with Gasteiger partial charge in [0.05, 0.1) is 10.5 Å². The highest BCUT2D eigenvalue weighted by Gasteiger charge is 2.11. The van der Waals surface area contributed by atoms with E-state index in [0.717, 1.165) is 26.8 Å². The third-order valence-electron chi connectivity index (χ3n) is 3.01. The third kappa shape index (κ3) is 2.37. The summed E-state index contributed by atoms with van der Waals surface area (Å²) in [5, 5.41) is 4.72. The molecule has 1 heterocycles. The highest BCUT2D eigenvalue weighted by atomic mass is 79.9. The number of aromatic nitrogens is 2. The molecule has 0 saturated heterocycles. The van der Waals surface area contributed by atoms with Gasteiger partial charge in [0.1, 0.15) is 5.82 Å². The van der Waals surface area contributed by atoms with Crippen molar-refractivity contribution in [2.24, 2.45) is 0 Å². The zero-order valence-corrected chi connectivity index (χ0v) is 13.0. The van der Waals surface area contributed by atoms with Gasteiger partial charge in [0.2, 0.25) is 0 Å². The van der Waals surface area contributed by atoms with Gasteiger partial charge in [-0.2, -0.15) is 0 Å². The van der Waals surface area contributed by atoms with Gasteiger partial charge in [-0.1, -0.05) is 39.7 Å². The molecule has 0 bridgehead atoms. The van der Waals surface area contributed by atoms with Crippen molar-refractivity contribution in [1.82, 2.24) is 9.97 Å². The van der Waals surface area contributed by atoms with Gasteiger partial charge < -0.3 is 5.32 Å². The monoisotopic (exact) mass is 347 g/mol. The standard InChI is InChI=1S/C15H11BrClN3/c1-18-14-11-4-2-3-5-13(11)19-15(20-14)10-7-6-9(16)8-12(10)17/h2-8H,1H3,(H,18,19,20). The van der Waals surface area contributed by atoms with Gasteiger partial charge >= 0.3 is 0 Å². The minimum absolute atomic E-state index is 0.616. The maximum atomic E-state index is 6.28. The summed E-state index contributed by atoms with van der Waals surface area (Å²) in [7, 11) is 1.85. The summed E-state index contributed by atoms with van der Waals surface area (Å²) in [5.74, 6) is 1.41. The summed E-state index contributed by atoms with van der Waals surface area (Å²) in [6.07, 6.45) is 0. The molecule has 0 amide bonds. The van der Waals surface area contributed by atoms with E-state index in [1.807, 2.05) is 49.5 Å². The Morgan fingerprint density at radius 3 is 2.65 bits per heavy atom. The molecule has 1 aromatic heterocycles. The SMILES string of the molecule is CNc1nc(-c2ccc(Br)cc2Cl)nc2ccccc12. The summed E-state index contributed by atoms with van der Waals surface area (Å²) in [5.41, 5.74) is 1.71. The van der Waals surface area contributed by atoms with Gasteiger partial charge in [-0.15, -0.1) is 0 Å². The van der Waals surface area contributed by atoms with Crippen molar-refractivity contribution in [1.29, 1.82) is 0 Å². The molecule has 2 aromatic carbocycles. The molecule has 0 unspecified atom stereocenters. The molecule has 0 aliphatic carbocycles. The summed E-state index contributed by atoms with van der Waals surface area (Å²) < 4.78 is 0.931. The topological polar surface area (TPSA) is 37.8 Å². The number of anilines is 1. The lowest BCUT2D eigenvalue weighted by Crippen LogP contribution is -1.98. The largest absolute Gasteiger partial charge is 0.373 e. The van der Waals surface area contributed by atoms with E-state index >= 15 is 0 Å². The van der Waals surface area contributed by atoms with E-state index in [2.05, 4.69) is 31.2 Å². The van der Waals surface area contributed by atoms with Gasteiger partial charge in [-0.25, -0.2) is 9.97 Å². The van der Waals surface area contributed by atoms with Crippen molar-refractivity contribution in [3.8, 4) is 11.4 Å². The first-order valence-corrected chi connectivity index (χ1v) is 7.26. The van der Waals surface area contributed by atoms with E-state index in [1.165, 1.54) is 0 Å². The lowest BCUT2D eigenvalue weighted by Gasteiger charge is -2.09. The first-order valence-electron chi connectivity index (χ1n) is 6.09. The van der Waals surface area contributed by atoms with Crippen molar-refractivity contribution in [3.63, 3.8) is 0 Å². The summed E-state index contributed by atoms with van der Waals surface area (Å²) in [4.78, 5) is 9.15. The van der Waals surface area contributed by atoms with Gasteiger partial charge in [0.15, 0.2) is 5.82 Å². The lowest BCUT2D eigenvalue weighted by atomic mass is 10.2. The fourth-order valence-electron chi connectivity index (χ4n) is 2.06. The molecular weight excluding hydrogens is 338 g/mol. The van der Waals surface area contributed by atoms with E-state index in [-0.39, 0.29) is 0 Å². The van der Waals surface area contributed by atoms with Crippen molar-refractivity contribution < 1.29 is 0 Å². The molecule has 3 rings (SSSR count). The molecule has 1 N–H and O–H groups in total. The fraction of sp³-hybridized carbons (Fsp3) is 0.0667. The zero-order chi connectivity index (χ0) is 14.1. The Bertz CT molecular complexity index is 789. The van der Waals surface area contributed by atoms with Crippen molar-refractivity contribution >= 4 is 44.3 Å². The molecule has 3 aromatic rings. The zero-order valence-electron chi connectivity index (χ0n) is 10.7. The van der Waals surface area contributed by atoms with E-state index in [9.17, 15) is 0 Å². The van der Waals surface area contributed by atoms with Crippen LogP contribution >= 0.6 is 27.5 Å². The maximum absolute atomic E-state index is 6.28. The molecule has 0 spiro atoms. The number of nitrogens with one attached hydrogen (secondary N) is 1. The number of halogens is 2. The fourth-order valence-corrected chi connectivity index (χ4v) is 2.82. The van der Waals surface area contributed by atoms with Crippen LogP contribution in [-0.2, 0) is 0 Å². The first-order chi connectivity index (χ1) is 9.69. The highest BCUT2D eigenvalue weighted by Crippen LogP contribution is 2.31. The molecule has 0 radical (unpaired) electrons. The van der Waals surface area contributed by atoms with Gasteiger partial charge in [0.25, 0.3) is 0 Å². The summed E-state index contributed by atoms with van der Waals surface area (Å²) >= 11 is 9.68. The van der Waals surface area contributed by atoms with Gasteiger partial charge in [-0.05, 0) is 30.3 Å². The number of benzene rings is 2. The number of para-hydroxylation sites is 1. The van der Waals surface area contributed by atoms with Gasteiger partial charge in [-0.3, -0.25) is 0 Å². The lowest BCUT2D eigenvalue weighted by molar-refractivity contribution is 1.21. The van der Waals surface area contributed by atoms with Crippen LogP contribution in [0.25, 0.3) is 22.3 Å². The molecule has 3 nitrogen and oxygen atoms in total. The molecule has 0 aliphatic rings. The van der Waals surface area contributed by atoms with Crippen LogP contribution in [0.3, 0.4) is 0 Å². The molecule has 0 fully saturated rings. The second-order valence-corrected chi connectivity index (χ2v) is 5.61. The predicted molar refractivity (Wildman–Crippen MR) is 87.2 cm³/mol. The minimum Gasteiger partial charge on any atom is -0.373 e. The van der Waals surface area contributed by atoms with Crippen molar-refractivity contribution in [2.75, 3.05) is 12.4 Å². The smallest absolute Gasteiger partial charge is 0.163 e. The molecule has 5 heteroatoms. The average Bonchev–Trinajstić information content (AvgIpc) is 2.46. The molecule has 0 aliphatic heterocycles. The van der Waals surface area contributed by atoms with E-state index in [0.29, 0.717) is 10.8 Å². The van der Waals surface area contributed by atoms with Gasteiger partial charge in [0, 0.05) is 22.5 Å². The van der Waals surface area contributed by atoms with Crippen LogP contribution in [-0.4, -0.2) is 17.0 Å². The number of hydrogen-bond acceptors (Lipinski definition) is 3. The highest BCUT2D eigenvalue weighted by molar-refractivity contribution is 9.10. The normalized spacial score (nSPS) is 10.8. The Labute approximate surface area is 130 Å². The molecule has 0 saturated carbocycles. The van der Waals surface area contributed by atoms with E-state index in [4.69, 9.17) is 11.6 Å². The maximum Gasteiger partial charge on any atom is 0.163 e. The van der Waals surface area contributed by atoms with Crippen LogP contribution in [0.4, 0.5) is 5.82 Å². The van der Waals surface area contributed by atoms with Crippen LogP contribution in [0.2, 0.25) is 5.02 Å². The molecule has 100 valence electrons. The Kier molecular flexibility index (Phi) is 3.59. The first kappa shape index (κ1) is 13.3.